The summed E-state index contributed by atoms with van der Waals surface area (Å²) in [6.45, 7) is 0.283. The number of amides is 1. The van der Waals surface area contributed by atoms with Crippen LogP contribution in [0.1, 0.15) is 23.2 Å². The van der Waals surface area contributed by atoms with Crippen LogP contribution in [-0.4, -0.2) is 55.3 Å². The van der Waals surface area contributed by atoms with Crippen molar-refractivity contribution in [1.29, 1.82) is 0 Å². The van der Waals surface area contributed by atoms with Crippen LogP contribution in [0.3, 0.4) is 0 Å². The number of rotatable bonds is 5. The molecular weight excluding hydrogens is 480 g/mol. The van der Waals surface area contributed by atoms with E-state index >= 15 is 0 Å². The number of ether oxygens (including phenoxy) is 1. The van der Waals surface area contributed by atoms with Crippen molar-refractivity contribution in [2.45, 2.75) is 25.0 Å². The summed E-state index contributed by atoms with van der Waals surface area (Å²) in [7, 11) is 1.52. The Balaban J connectivity index is 1.48. The average molecular weight is 502 g/mol. The molecule has 0 radical (unpaired) electrons. The van der Waals surface area contributed by atoms with Gasteiger partial charge in [0.1, 0.15) is 28.0 Å². The molecule has 2 N–H and O–H groups in total. The topological polar surface area (TPSA) is 93.7 Å². The Hall–Kier alpha value is -3.34. The number of aromatic nitrogens is 4. The van der Waals surface area contributed by atoms with Gasteiger partial charge in [-0.05, 0) is 43.2 Å². The minimum atomic E-state index is -0.575. The number of hydrogen-bond acceptors (Lipinski definition) is 5. The zero-order valence-electron chi connectivity index (χ0n) is 18.7. The number of aliphatic hydroxyl groups excluding tert-OH is 1. The number of aliphatic hydroxyl groups is 1. The van der Waals surface area contributed by atoms with E-state index in [1.165, 1.54) is 36.1 Å². The van der Waals surface area contributed by atoms with Crippen molar-refractivity contribution in [3.63, 3.8) is 0 Å². The van der Waals surface area contributed by atoms with E-state index in [0.29, 0.717) is 36.2 Å². The third-order valence-electron chi connectivity index (χ3n) is 6.10. The summed E-state index contributed by atoms with van der Waals surface area (Å²) in [6.07, 6.45) is 4.09. The molecule has 0 saturated carbocycles. The van der Waals surface area contributed by atoms with E-state index in [1.54, 1.807) is 22.7 Å². The fraction of sp³-hybridized carbons (Fsp3) is 0.292. The van der Waals surface area contributed by atoms with Crippen molar-refractivity contribution in [3.05, 3.63) is 65.3 Å². The number of aryl methyl sites for hydroxylation is 1. The summed E-state index contributed by atoms with van der Waals surface area (Å²) in [4.78, 5) is 21.4. The smallest absolute Gasteiger partial charge is 0.251 e. The van der Waals surface area contributed by atoms with Gasteiger partial charge in [0, 0.05) is 29.9 Å². The lowest BCUT2D eigenvalue weighted by molar-refractivity contribution is -0.0305. The van der Waals surface area contributed by atoms with Crippen molar-refractivity contribution in [1.82, 2.24) is 24.3 Å². The molecule has 0 unspecified atom stereocenters. The van der Waals surface area contributed by atoms with E-state index in [0.717, 1.165) is 0 Å². The van der Waals surface area contributed by atoms with Crippen LogP contribution in [0, 0.1) is 11.8 Å². The second-order valence-electron chi connectivity index (χ2n) is 8.47. The fourth-order valence-corrected chi connectivity index (χ4v) is 4.46. The highest BCUT2D eigenvalue weighted by atomic mass is 35.5. The molecule has 1 amide bonds. The number of carbonyl (C=O) groups excluding carboxylic acids is 1. The second-order valence-corrected chi connectivity index (χ2v) is 8.82. The van der Waals surface area contributed by atoms with E-state index in [1.807, 2.05) is 0 Å². The number of carbonyl (C=O) groups is 1. The number of benzene rings is 1. The van der Waals surface area contributed by atoms with Crippen LogP contribution in [0.25, 0.3) is 28.2 Å². The molecule has 4 heterocycles. The first-order valence-corrected chi connectivity index (χ1v) is 11.4. The molecule has 0 aliphatic carbocycles. The zero-order chi connectivity index (χ0) is 24.7. The molecular formula is C24H22ClF2N5O3. The molecule has 5 rings (SSSR count). The summed E-state index contributed by atoms with van der Waals surface area (Å²) in [5.41, 5.74) is 1.64. The molecule has 35 heavy (non-hydrogen) atoms. The molecule has 1 fully saturated rings. The minimum absolute atomic E-state index is 0.0414. The third-order valence-corrected chi connectivity index (χ3v) is 6.46. The van der Waals surface area contributed by atoms with E-state index in [-0.39, 0.29) is 46.8 Å². The van der Waals surface area contributed by atoms with Gasteiger partial charge in [0.2, 0.25) is 5.95 Å². The number of pyridine rings is 1. The quantitative estimate of drug-likeness (QED) is 0.436. The predicted octanol–water partition coefficient (Wildman–Crippen LogP) is 3.60. The van der Waals surface area contributed by atoms with Crippen LogP contribution in [0.4, 0.5) is 8.78 Å². The first kappa shape index (κ1) is 23.4. The highest BCUT2D eigenvalue weighted by Gasteiger charge is 2.24. The van der Waals surface area contributed by atoms with Gasteiger partial charge in [-0.15, -0.1) is 0 Å². The number of nitrogens with one attached hydrogen (secondary N) is 1. The molecule has 1 saturated heterocycles. The largest absolute Gasteiger partial charge is 0.394 e. The Morgan fingerprint density at radius 3 is 2.74 bits per heavy atom. The van der Waals surface area contributed by atoms with Crippen molar-refractivity contribution in [2.75, 3.05) is 13.2 Å². The molecule has 0 spiro atoms. The van der Waals surface area contributed by atoms with E-state index in [2.05, 4.69) is 15.3 Å². The molecule has 11 heteroatoms. The number of hydrogen-bond donors (Lipinski definition) is 2. The molecule has 8 nitrogen and oxygen atoms in total. The van der Waals surface area contributed by atoms with E-state index < -0.39 is 11.8 Å². The zero-order valence-corrected chi connectivity index (χ0v) is 19.5. The summed E-state index contributed by atoms with van der Waals surface area (Å²) in [6, 6.07) is 6.90. The maximum Gasteiger partial charge on any atom is 0.251 e. The standard InChI is InChI=1S/C24H22ClF2N5O3/c1-31-12-28-21(23(31)27)17-5-2-14(26)9-18(17)20-22(25)32-7-6-13(8-19(32)30-20)24(34)29-15-3-4-16(10-33)35-11-15/h2,5-9,12,15-16,33H,3-4,10-11H2,1H3,(H,29,34)/t15-,16+/m1/s1. The van der Waals surface area contributed by atoms with Crippen LogP contribution in [0.5, 0.6) is 0 Å². The van der Waals surface area contributed by atoms with Gasteiger partial charge in [-0.2, -0.15) is 4.39 Å². The van der Waals surface area contributed by atoms with Gasteiger partial charge in [0.05, 0.1) is 31.7 Å². The van der Waals surface area contributed by atoms with Crippen molar-refractivity contribution < 1.29 is 23.4 Å². The maximum absolute atomic E-state index is 14.6. The molecule has 3 aromatic heterocycles. The first-order chi connectivity index (χ1) is 16.9. The number of fused-ring (bicyclic) bond motifs is 1. The van der Waals surface area contributed by atoms with Crippen LogP contribution in [0.2, 0.25) is 5.15 Å². The average Bonchev–Trinajstić information content (AvgIpc) is 3.37. The Kier molecular flexibility index (Phi) is 6.26. The van der Waals surface area contributed by atoms with E-state index in [4.69, 9.17) is 16.3 Å². The van der Waals surface area contributed by atoms with E-state index in [9.17, 15) is 18.7 Å². The van der Waals surface area contributed by atoms with Gasteiger partial charge in [-0.1, -0.05) is 11.6 Å². The van der Waals surface area contributed by atoms with Gasteiger partial charge in [0.25, 0.3) is 5.91 Å². The molecule has 2 atom stereocenters. The van der Waals surface area contributed by atoms with Crippen LogP contribution < -0.4 is 5.32 Å². The maximum atomic E-state index is 14.6. The van der Waals surface area contributed by atoms with Crippen LogP contribution >= 0.6 is 11.6 Å². The van der Waals surface area contributed by atoms with Crippen molar-refractivity contribution >= 4 is 23.2 Å². The fourth-order valence-electron chi connectivity index (χ4n) is 4.17. The molecule has 1 aliphatic heterocycles. The summed E-state index contributed by atoms with van der Waals surface area (Å²) < 4.78 is 37.1. The van der Waals surface area contributed by atoms with Gasteiger partial charge in [-0.3, -0.25) is 9.20 Å². The number of halogens is 3. The molecule has 1 aromatic carbocycles. The van der Waals surface area contributed by atoms with Crippen molar-refractivity contribution in [2.24, 2.45) is 7.05 Å². The SMILES string of the molecule is Cn1cnc(-c2ccc(F)cc2-c2nc3cc(C(=O)N[C@@H]4CC[C@@H](CO)OC4)ccn3c2Cl)c1F. The highest BCUT2D eigenvalue weighted by Crippen LogP contribution is 2.37. The Morgan fingerprint density at radius 2 is 2.06 bits per heavy atom. The molecule has 0 bridgehead atoms. The summed E-state index contributed by atoms with van der Waals surface area (Å²) in [5.74, 6) is -1.41. The van der Waals surface area contributed by atoms with Gasteiger partial charge < -0.3 is 19.7 Å². The molecule has 182 valence electrons. The highest BCUT2D eigenvalue weighted by molar-refractivity contribution is 6.32. The first-order valence-electron chi connectivity index (χ1n) is 11.0. The lowest BCUT2D eigenvalue weighted by Crippen LogP contribution is -2.43. The Morgan fingerprint density at radius 1 is 1.23 bits per heavy atom. The lowest BCUT2D eigenvalue weighted by Gasteiger charge is -2.28. The Labute approximate surface area is 204 Å². The third kappa shape index (κ3) is 4.40. The van der Waals surface area contributed by atoms with Crippen LogP contribution in [0.15, 0.2) is 42.9 Å². The number of imidazole rings is 2. The summed E-state index contributed by atoms with van der Waals surface area (Å²) >= 11 is 6.58. The van der Waals surface area contributed by atoms with Crippen molar-refractivity contribution in [3.8, 4) is 22.5 Å². The normalized spacial score (nSPS) is 18.2. The minimum Gasteiger partial charge on any atom is -0.394 e. The van der Waals surface area contributed by atoms with Gasteiger partial charge in [-0.25, -0.2) is 14.4 Å². The number of nitrogens with zero attached hydrogens (tertiary/aromatic N) is 4. The van der Waals surface area contributed by atoms with Crippen LogP contribution in [-0.2, 0) is 11.8 Å². The predicted molar refractivity (Wildman–Crippen MR) is 125 cm³/mol. The molecule has 1 aliphatic rings. The lowest BCUT2D eigenvalue weighted by atomic mass is 10.0. The van der Waals surface area contributed by atoms with Gasteiger partial charge in [0.15, 0.2) is 0 Å². The monoisotopic (exact) mass is 501 g/mol. The Bertz CT molecular complexity index is 1410. The second kappa shape index (κ2) is 9.37. The molecule has 4 aromatic rings. The van der Waals surface area contributed by atoms with Gasteiger partial charge >= 0.3 is 0 Å². The summed E-state index contributed by atoms with van der Waals surface area (Å²) in [5, 5.41) is 12.3.